The minimum atomic E-state index is -0.657. The van der Waals surface area contributed by atoms with Crippen molar-refractivity contribution in [3.63, 3.8) is 0 Å². The van der Waals surface area contributed by atoms with E-state index in [0.717, 1.165) is 12.0 Å². The van der Waals surface area contributed by atoms with Crippen molar-refractivity contribution in [2.75, 3.05) is 0 Å². The molecule has 0 fully saturated rings. The first-order chi connectivity index (χ1) is 9.35. The second-order valence-corrected chi connectivity index (χ2v) is 5.57. The zero-order chi connectivity index (χ0) is 15.3. The maximum Gasteiger partial charge on any atom is 0.240 e. The second-order valence-electron chi connectivity index (χ2n) is 4.76. The molecule has 2 atom stereocenters. The van der Waals surface area contributed by atoms with Crippen molar-refractivity contribution in [1.82, 2.24) is 5.32 Å². The zero-order valence-electron chi connectivity index (χ0n) is 11.5. The molecule has 1 rings (SSSR count). The van der Waals surface area contributed by atoms with E-state index in [2.05, 4.69) is 5.32 Å². The number of amides is 2. The van der Waals surface area contributed by atoms with Gasteiger partial charge in [0, 0.05) is 0 Å². The number of carbonyl (C=O) groups is 2. The van der Waals surface area contributed by atoms with Crippen LogP contribution in [-0.4, -0.2) is 17.9 Å². The molecule has 6 heteroatoms. The Morgan fingerprint density at radius 1 is 1.30 bits per heavy atom. The van der Waals surface area contributed by atoms with Crippen molar-refractivity contribution in [1.29, 1.82) is 0 Å². The third kappa shape index (κ3) is 4.69. The molecule has 0 radical (unpaired) electrons. The summed E-state index contributed by atoms with van der Waals surface area (Å²) in [4.78, 5) is 23.3. The number of carbonyl (C=O) groups excluding carboxylic acids is 2. The van der Waals surface area contributed by atoms with Gasteiger partial charge in [-0.2, -0.15) is 0 Å². The van der Waals surface area contributed by atoms with Crippen LogP contribution in [0.15, 0.2) is 18.2 Å². The highest BCUT2D eigenvalue weighted by Gasteiger charge is 2.23. The maximum absolute atomic E-state index is 11.9. The molecule has 110 valence electrons. The average Bonchev–Trinajstić information content (AvgIpc) is 2.39. The number of hydrogen-bond acceptors (Lipinski definition) is 2. The van der Waals surface area contributed by atoms with Gasteiger partial charge >= 0.3 is 0 Å². The molecule has 0 aliphatic heterocycles. The molecule has 0 saturated carbocycles. The molecule has 0 aliphatic rings. The third-order valence-electron chi connectivity index (χ3n) is 3.18. The van der Waals surface area contributed by atoms with Gasteiger partial charge in [-0.3, -0.25) is 9.59 Å². The van der Waals surface area contributed by atoms with Gasteiger partial charge in [0.15, 0.2) is 0 Å². The summed E-state index contributed by atoms with van der Waals surface area (Å²) in [5, 5.41) is 3.49. The van der Waals surface area contributed by atoms with Crippen molar-refractivity contribution in [2.24, 2.45) is 11.7 Å². The molecule has 1 aromatic rings. The monoisotopic (exact) mass is 316 g/mol. The van der Waals surface area contributed by atoms with E-state index in [4.69, 9.17) is 28.9 Å². The Kier molecular flexibility index (Phi) is 6.30. The van der Waals surface area contributed by atoms with Gasteiger partial charge in [0.05, 0.1) is 16.5 Å². The first-order valence-electron chi connectivity index (χ1n) is 6.37. The number of halogens is 2. The number of rotatable bonds is 6. The first-order valence-corrected chi connectivity index (χ1v) is 7.13. The van der Waals surface area contributed by atoms with E-state index in [1.165, 1.54) is 0 Å². The molecular formula is C14H18Cl2N2O2. The number of benzene rings is 1. The van der Waals surface area contributed by atoms with E-state index in [1.54, 1.807) is 18.2 Å². The molecule has 0 aliphatic carbocycles. The van der Waals surface area contributed by atoms with Crippen LogP contribution in [0.25, 0.3) is 0 Å². The number of primary amides is 1. The SMILES string of the molecule is CCC(C)C(NC(=O)Cc1ccc(Cl)c(Cl)c1)C(N)=O. The quantitative estimate of drug-likeness (QED) is 0.846. The largest absolute Gasteiger partial charge is 0.368 e. The molecule has 0 saturated heterocycles. The minimum Gasteiger partial charge on any atom is -0.368 e. The second kappa shape index (κ2) is 7.50. The van der Waals surface area contributed by atoms with Crippen molar-refractivity contribution >= 4 is 35.0 Å². The lowest BCUT2D eigenvalue weighted by Crippen LogP contribution is -2.48. The van der Waals surface area contributed by atoms with Gasteiger partial charge in [-0.05, 0) is 23.6 Å². The van der Waals surface area contributed by atoms with Crippen molar-refractivity contribution in [2.45, 2.75) is 32.7 Å². The van der Waals surface area contributed by atoms with E-state index < -0.39 is 11.9 Å². The smallest absolute Gasteiger partial charge is 0.240 e. The third-order valence-corrected chi connectivity index (χ3v) is 3.92. The van der Waals surface area contributed by atoms with Gasteiger partial charge in [-0.1, -0.05) is 49.5 Å². The molecule has 3 N–H and O–H groups in total. The summed E-state index contributed by atoms with van der Waals surface area (Å²) in [7, 11) is 0. The Bertz CT molecular complexity index is 506. The lowest BCUT2D eigenvalue weighted by Gasteiger charge is -2.21. The van der Waals surface area contributed by atoms with Gasteiger partial charge < -0.3 is 11.1 Å². The minimum absolute atomic E-state index is 0.00902. The standard InChI is InChI=1S/C14H18Cl2N2O2/c1-3-8(2)13(14(17)20)18-12(19)7-9-4-5-10(15)11(16)6-9/h4-6,8,13H,3,7H2,1-2H3,(H2,17,20)(H,18,19). The van der Waals surface area contributed by atoms with Crippen LogP contribution >= 0.6 is 23.2 Å². The lowest BCUT2D eigenvalue weighted by atomic mass is 9.98. The molecule has 0 heterocycles. The zero-order valence-corrected chi connectivity index (χ0v) is 13.0. The molecule has 0 bridgehead atoms. The van der Waals surface area contributed by atoms with Crippen LogP contribution < -0.4 is 11.1 Å². The van der Waals surface area contributed by atoms with Crippen LogP contribution in [0.4, 0.5) is 0 Å². The Morgan fingerprint density at radius 2 is 1.95 bits per heavy atom. The van der Waals surface area contributed by atoms with Gasteiger partial charge in [-0.25, -0.2) is 0 Å². The molecule has 0 aromatic heterocycles. The Balaban J connectivity index is 2.70. The fourth-order valence-corrected chi connectivity index (χ4v) is 2.11. The summed E-state index contributed by atoms with van der Waals surface area (Å²) in [6.45, 7) is 3.81. The number of nitrogens with two attached hydrogens (primary N) is 1. The highest BCUT2D eigenvalue weighted by molar-refractivity contribution is 6.42. The van der Waals surface area contributed by atoms with Crippen molar-refractivity contribution in [3.8, 4) is 0 Å². The van der Waals surface area contributed by atoms with Crippen LogP contribution in [-0.2, 0) is 16.0 Å². The van der Waals surface area contributed by atoms with E-state index in [-0.39, 0.29) is 18.2 Å². The summed E-state index contributed by atoms with van der Waals surface area (Å²) in [6, 6.07) is 4.32. The predicted octanol–water partition coefficient (Wildman–Crippen LogP) is 2.55. The van der Waals surface area contributed by atoms with Gasteiger partial charge in [-0.15, -0.1) is 0 Å². The topological polar surface area (TPSA) is 72.2 Å². The van der Waals surface area contributed by atoms with Gasteiger partial charge in [0.25, 0.3) is 0 Å². The lowest BCUT2D eigenvalue weighted by molar-refractivity contribution is -0.128. The highest BCUT2D eigenvalue weighted by Crippen LogP contribution is 2.22. The summed E-state index contributed by atoms with van der Waals surface area (Å²) in [5.74, 6) is -0.806. The van der Waals surface area contributed by atoms with Crippen LogP contribution in [0.3, 0.4) is 0 Å². The Morgan fingerprint density at radius 3 is 2.45 bits per heavy atom. The number of hydrogen-bond donors (Lipinski definition) is 2. The number of nitrogens with one attached hydrogen (secondary N) is 1. The van der Waals surface area contributed by atoms with Crippen LogP contribution in [0, 0.1) is 5.92 Å². The highest BCUT2D eigenvalue weighted by atomic mass is 35.5. The molecule has 0 spiro atoms. The average molecular weight is 317 g/mol. The normalized spacial score (nSPS) is 13.6. The summed E-state index contributed by atoms with van der Waals surface area (Å²) < 4.78 is 0. The summed E-state index contributed by atoms with van der Waals surface area (Å²) in [6.07, 6.45) is 0.873. The molecule has 2 amide bonds. The molecule has 4 nitrogen and oxygen atoms in total. The molecule has 20 heavy (non-hydrogen) atoms. The van der Waals surface area contributed by atoms with E-state index in [0.29, 0.717) is 10.0 Å². The first kappa shape index (κ1) is 16.8. The van der Waals surface area contributed by atoms with Crippen LogP contribution in [0.5, 0.6) is 0 Å². The fourth-order valence-electron chi connectivity index (χ4n) is 1.79. The molecular weight excluding hydrogens is 299 g/mol. The Labute approximate surface area is 128 Å². The summed E-state index contributed by atoms with van der Waals surface area (Å²) >= 11 is 11.7. The van der Waals surface area contributed by atoms with E-state index in [1.807, 2.05) is 13.8 Å². The van der Waals surface area contributed by atoms with Crippen molar-refractivity contribution in [3.05, 3.63) is 33.8 Å². The van der Waals surface area contributed by atoms with Gasteiger partial charge in [0.2, 0.25) is 11.8 Å². The maximum atomic E-state index is 11.9. The van der Waals surface area contributed by atoms with Crippen LogP contribution in [0.2, 0.25) is 10.0 Å². The predicted molar refractivity (Wildman–Crippen MR) is 80.7 cm³/mol. The Hall–Kier alpha value is -1.26. The van der Waals surface area contributed by atoms with E-state index >= 15 is 0 Å². The summed E-state index contributed by atoms with van der Waals surface area (Å²) in [5.41, 5.74) is 6.03. The van der Waals surface area contributed by atoms with Crippen molar-refractivity contribution < 1.29 is 9.59 Å². The van der Waals surface area contributed by atoms with Crippen LogP contribution in [0.1, 0.15) is 25.8 Å². The van der Waals surface area contributed by atoms with Gasteiger partial charge in [0.1, 0.15) is 6.04 Å². The molecule has 2 unspecified atom stereocenters. The molecule has 1 aromatic carbocycles. The fraction of sp³-hybridized carbons (Fsp3) is 0.429. The van der Waals surface area contributed by atoms with E-state index in [9.17, 15) is 9.59 Å².